The number of rotatable bonds is 9. The van der Waals surface area contributed by atoms with Gasteiger partial charge in [0.25, 0.3) is 11.8 Å². The van der Waals surface area contributed by atoms with Crippen LogP contribution >= 0.6 is 39.9 Å². The molecule has 1 aliphatic heterocycles. The minimum atomic E-state index is -0.264. The topological polar surface area (TPSA) is 67.9 Å². The van der Waals surface area contributed by atoms with Crippen molar-refractivity contribution >= 4 is 67.8 Å². The maximum absolute atomic E-state index is 12.6. The van der Waals surface area contributed by atoms with Crippen molar-refractivity contribution in [2.24, 2.45) is 0 Å². The molecule has 1 N–H and O–H groups in total. The van der Waals surface area contributed by atoms with Gasteiger partial charge in [-0.05, 0) is 74.2 Å². The lowest BCUT2D eigenvalue weighted by molar-refractivity contribution is -0.122. The van der Waals surface area contributed by atoms with Gasteiger partial charge >= 0.3 is 0 Å². The fraction of sp³-hybridized carbons (Fsp3) is 0.320. The van der Waals surface area contributed by atoms with E-state index in [1.165, 1.54) is 11.8 Å². The maximum Gasteiger partial charge on any atom is 0.266 e. The summed E-state index contributed by atoms with van der Waals surface area (Å²) in [6.45, 7) is 8.65. The van der Waals surface area contributed by atoms with Crippen LogP contribution in [-0.2, 0) is 9.59 Å². The van der Waals surface area contributed by atoms with E-state index in [1.807, 2.05) is 45.9 Å². The van der Waals surface area contributed by atoms with Crippen molar-refractivity contribution in [3.8, 4) is 11.5 Å². The van der Waals surface area contributed by atoms with Gasteiger partial charge in [0.2, 0.25) is 0 Å². The monoisotopic (exact) mass is 562 g/mol. The van der Waals surface area contributed by atoms with Gasteiger partial charge in [-0.2, -0.15) is 0 Å². The zero-order valence-corrected chi connectivity index (χ0v) is 22.8. The molecule has 2 amide bonds. The number of thioether (sulfide) groups is 1. The standard InChI is InChI=1S/C25H27BrN2O4S2/c1-5-9-28-24(30)21(34-25(28)33)13-17-7-8-19(20(12-17)31-6-2)32-14-22(29)27-23-15(3)10-18(26)11-16(23)4/h7-8,10-13H,5-6,9,14H2,1-4H3,(H,27,29)/b21-13-. The normalized spacial score (nSPS) is 14.6. The van der Waals surface area contributed by atoms with Crippen LogP contribution in [0.5, 0.6) is 11.5 Å². The van der Waals surface area contributed by atoms with Crippen LogP contribution in [0, 0.1) is 13.8 Å². The van der Waals surface area contributed by atoms with E-state index >= 15 is 0 Å². The van der Waals surface area contributed by atoms with Crippen molar-refractivity contribution in [1.82, 2.24) is 4.90 Å². The Labute approximate surface area is 218 Å². The zero-order valence-electron chi connectivity index (χ0n) is 19.6. The third kappa shape index (κ3) is 6.40. The second-order valence-corrected chi connectivity index (χ2v) is 10.3. The smallest absolute Gasteiger partial charge is 0.266 e. The predicted octanol–water partition coefficient (Wildman–Crippen LogP) is 6.09. The van der Waals surface area contributed by atoms with Gasteiger partial charge in [0, 0.05) is 16.7 Å². The molecule has 0 radical (unpaired) electrons. The van der Waals surface area contributed by atoms with Crippen molar-refractivity contribution < 1.29 is 19.1 Å². The zero-order chi connectivity index (χ0) is 24.8. The van der Waals surface area contributed by atoms with Gasteiger partial charge in [0.15, 0.2) is 18.1 Å². The minimum absolute atomic E-state index is 0.0784. The number of nitrogens with zero attached hydrogens (tertiary/aromatic N) is 1. The van der Waals surface area contributed by atoms with Crippen molar-refractivity contribution in [3.63, 3.8) is 0 Å². The van der Waals surface area contributed by atoms with E-state index in [9.17, 15) is 9.59 Å². The highest BCUT2D eigenvalue weighted by atomic mass is 79.9. The molecule has 2 aromatic carbocycles. The molecular formula is C25H27BrN2O4S2. The van der Waals surface area contributed by atoms with Crippen LogP contribution in [0.2, 0.25) is 0 Å². The van der Waals surface area contributed by atoms with Gasteiger partial charge in [-0.15, -0.1) is 0 Å². The molecule has 0 bridgehead atoms. The summed E-state index contributed by atoms with van der Waals surface area (Å²) in [6.07, 6.45) is 2.64. The summed E-state index contributed by atoms with van der Waals surface area (Å²) < 4.78 is 13.0. The lowest BCUT2D eigenvalue weighted by Crippen LogP contribution is -2.28. The molecule has 1 saturated heterocycles. The number of aryl methyl sites for hydroxylation is 2. The molecule has 0 spiro atoms. The second-order valence-electron chi connectivity index (χ2n) is 7.72. The summed E-state index contributed by atoms with van der Waals surface area (Å²) in [5.74, 6) is 0.617. The van der Waals surface area contributed by atoms with Gasteiger partial charge in [-0.25, -0.2) is 0 Å². The number of hydrogen-bond acceptors (Lipinski definition) is 6. The van der Waals surface area contributed by atoms with Gasteiger partial charge in [-0.3, -0.25) is 14.5 Å². The third-order valence-corrected chi connectivity index (χ3v) is 6.84. The van der Waals surface area contributed by atoms with Crippen LogP contribution in [0.15, 0.2) is 39.7 Å². The molecule has 1 heterocycles. The molecule has 0 aromatic heterocycles. The number of amides is 2. The first kappa shape index (κ1) is 26.2. The van der Waals surface area contributed by atoms with Crippen molar-refractivity contribution in [3.05, 3.63) is 56.4 Å². The molecule has 34 heavy (non-hydrogen) atoms. The third-order valence-electron chi connectivity index (χ3n) is 5.01. The Morgan fingerprint density at radius 2 is 1.85 bits per heavy atom. The fourth-order valence-electron chi connectivity index (χ4n) is 3.50. The molecule has 0 unspecified atom stereocenters. The first-order valence-corrected chi connectivity index (χ1v) is 13.0. The van der Waals surface area contributed by atoms with E-state index in [0.717, 1.165) is 33.3 Å². The van der Waals surface area contributed by atoms with E-state index in [-0.39, 0.29) is 18.4 Å². The lowest BCUT2D eigenvalue weighted by atomic mass is 10.1. The Kier molecular flexibility index (Phi) is 9.16. The summed E-state index contributed by atoms with van der Waals surface area (Å²) in [5.41, 5.74) is 3.49. The second kappa shape index (κ2) is 11.9. The van der Waals surface area contributed by atoms with Gasteiger partial charge < -0.3 is 14.8 Å². The number of carbonyl (C=O) groups excluding carboxylic acids is 2. The average molecular weight is 564 g/mol. The van der Waals surface area contributed by atoms with Gasteiger partial charge in [0.05, 0.1) is 11.5 Å². The van der Waals surface area contributed by atoms with Crippen LogP contribution in [0.3, 0.4) is 0 Å². The SMILES string of the molecule is CCCN1C(=O)/C(=C/c2ccc(OCC(=O)Nc3c(C)cc(Br)cc3C)c(OCC)c2)SC1=S. The molecule has 180 valence electrons. The molecular weight excluding hydrogens is 536 g/mol. The number of thiocarbonyl (C=S) groups is 1. The fourth-order valence-corrected chi connectivity index (χ4v) is 5.49. The Hall–Kier alpha value is -2.36. The van der Waals surface area contributed by atoms with Crippen molar-refractivity contribution in [2.75, 3.05) is 25.1 Å². The number of ether oxygens (including phenoxy) is 2. The molecule has 0 aliphatic carbocycles. The quantitative estimate of drug-likeness (QED) is 0.294. The molecule has 0 saturated carbocycles. The van der Waals surface area contributed by atoms with Crippen LogP contribution in [-0.4, -0.2) is 40.8 Å². The first-order chi connectivity index (χ1) is 16.2. The summed E-state index contributed by atoms with van der Waals surface area (Å²) in [5, 5.41) is 2.92. The Bertz CT molecular complexity index is 1130. The van der Waals surface area contributed by atoms with Crippen LogP contribution in [0.4, 0.5) is 5.69 Å². The van der Waals surface area contributed by atoms with Crippen LogP contribution < -0.4 is 14.8 Å². The minimum Gasteiger partial charge on any atom is -0.490 e. The highest BCUT2D eigenvalue weighted by Gasteiger charge is 2.31. The summed E-state index contributed by atoms with van der Waals surface area (Å²) >= 11 is 10.1. The Morgan fingerprint density at radius 3 is 2.50 bits per heavy atom. The molecule has 2 aromatic rings. The molecule has 0 atom stereocenters. The van der Waals surface area contributed by atoms with E-state index < -0.39 is 0 Å². The van der Waals surface area contributed by atoms with E-state index in [1.54, 1.807) is 23.1 Å². The van der Waals surface area contributed by atoms with Crippen LogP contribution in [0.25, 0.3) is 6.08 Å². The first-order valence-electron chi connectivity index (χ1n) is 10.9. The van der Waals surface area contributed by atoms with Crippen LogP contribution in [0.1, 0.15) is 37.0 Å². The summed E-state index contributed by atoms with van der Waals surface area (Å²) in [7, 11) is 0. The molecule has 1 fully saturated rings. The lowest BCUT2D eigenvalue weighted by Gasteiger charge is -2.15. The van der Waals surface area contributed by atoms with Gasteiger partial charge in [-0.1, -0.05) is 52.9 Å². The highest BCUT2D eigenvalue weighted by Crippen LogP contribution is 2.35. The van der Waals surface area contributed by atoms with E-state index in [0.29, 0.717) is 33.9 Å². The molecule has 3 rings (SSSR count). The number of halogens is 1. The van der Waals surface area contributed by atoms with Crippen molar-refractivity contribution in [2.45, 2.75) is 34.1 Å². The summed E-state index contributed by atoms with van der Waals surface area (Å²) in [6, 6.07) is 9.27. The van der Waals surface area contributed by atoms with E-state index in [2.05, 4.69) is 21.2 Å². The number of benzene rings is 2. The maximum atomic E-state index is 12.6. The molecule has 1 aliphatic rings. The van der Waals surface area contributed by atoms with Gasteiger partial charge in [0.1, 0.15) is 4.32 Å². The number of anilines is 1. The van der Waals surface area contributed by atoms with Crippen molar-refractivity contribution in [1.29, 1.82) is 0 Å². The molecule has 9 heteroatoms. The Balaban J connectivity index is 1.72. The predicted molar refractivity (Wildman–Crippen MR) is 146 cm³/mol. The number of hydrogen-bond donors (Lipinski definition) is 1. The summed E-state index contributed by atoms with van der Waals surface area (Å²) in [4.78, 5) is 27.4. The van der Waals surface area contributed by atoms with E-state index in [4.69, 9.17) is 21.7 Å². The average Bonchev–Trinajstić information content (AvgIpc) is 3.03. The largest absolute Gasteiger partial charge is 0.490 e. The number of nitrogens with one attached hydrogen (secondary N) is 1. The molecule has 6 nitrogen and oxygen atoms in total. The highest BCUT2D eigenvalue weighted by molar-refractivity contribution is 9.10. The Morgan fingerprint density at radius 1 is 1.15 bits per heavy atom. The number of carbonyl (C=O) groups is 2.